The van der Waals surface area contributed by atoms with E-state index in [2.05, 4.69) is 9.72 Å². The summed E-state index contributed by atoms with van der Waals surface area (Å²) < 4.78 is 29.4. The van der Waals surface area contributed by atoms with Crippen LogP contribution in [-0.2, 0) is 0 Å². The number of methoxy groups -OCH3 is 1. The van der Waals surface area contributed by atoms with Gasteiger partial charge in [-0.2, -0.15) is 0 Å². The number of nitrogens with zero attached hydrogens (tertiary/aromatic N) is 1. The van der Waals surface area contributed by atoms with Crippen LogP contribution >= 0.6 is 0 Å². The molecule has 7 heteroatoms. The summed E-state index contributed by atoms with van der Waals surface area (Å²) in [5, 5.41) is 17.8. The van der Waals surface area contributed by atoms with E-state index in [9.17, 15) is 18.7 Å². The maximum Gasteiger partial charge on any atom is 0.337 e. The zero-order valence-electron chi connectivity index (χ0n) is 7.57. The molecule has 0 saturated heterocycles. The lowest BCUT2D eigenvalue weighted by atomic mass is 10.1. The zero-order valence-corrected chi connectivity index (χ0v) is 7.57. The summed E-state index contributed by atoms with van der Waals surface area (Å²) >= 11 is 0. The van der Waals surface area contributed by atoms with Crippen molar-refractivity contribution in [1.29, 1.82) is 0 Å². The molecule has 1 aromatic heterocycles. The number of aromatic carboxylic acids is 1. The van der Waals surface area contributed by atoms with E-state index >= 15 is 0 Å². The molecule has 0 fully saturated rings. The number of aromatic nitrogens is 1. The number of rotatable bonds is 3. The van der Waals surface area contributed by atoms with Crippen molar-refractivity contribution in [2.24, 2.45) is 0 Å². The molecule has 0 aromatic carbocycles. The van der Waals surface area contributed by atoms with Gasteiger partial charge in [0.25, 0.3) is 12.3 Å². The number of aromatic hydroxyl groups is 1. The van der Waals surface area contributed by atoms with Gasteiger partial charge in [0.1, 0.15) is 0 Å². The number of hydrogen-bond acceptors (Lipinski definition) is 4. The standard InChI is InChI=1S/C8H7F2NO4/c1-15-7-5(12)4(6(9)10)3(2-11-7)8(13)14/h2,6,12H,1H3,(H,13,14). The molecular weight excluding hydrogens is 212 g/mol. The van der Waals surface area contributed by atoms with Gasteiger partial charge >= 0.3 is 5.97 Å². The Hall–Kier alpha value is -1.92. The summed E-state index contributed by atoms with van der Waals surface area (Å²) in [5.41, 5.74) is -1.74. The summed E-state index contributed by atoms with van der Waals surface area (Å²) in [5.74, 6) is -2.97. The van der Waals surface area contributed by atoms with Gasteiger partial charge in [0.15, 0.2) is 5.75 Å². The van der Waals surface area contributed by atoms with E-state index < -0.39 is 35.2 Å². The first-order valence-electron chi connectivity index (χ1n) is 3.76. The van der Waals surface area contributed by atoms with E-state index in [1.54, 1.807) is 0 Å². The normalized spacial score (nSPS) is 10.4. The minimum absolute atomic E-state index is 0.435. The molecule has 0 atom stereocenters. The number of halogens is 2. The van der Waals surface area contributed by atoms with Crippen molar-refractivity contribution >= 4 is 5.97 Å². The molecule has 5 nitrogen and oxygen atoms in total. The van der Waals surface area contributed by atoms with E-state index in [4.69, 9.17) is 5.11 Å². The number of pyridine rings is 1. The molecule has 1 aromatic rings. The van der Waals surface area contributed by atoms with Gasteiger partial charge < -0.3 is 14.9 Å². The number of carboxylic acids is 1. The fourth-order valence-corrected chi connectivity index (χ4v) is 1.04. The van der Waals surface area contributed by atoms with Crippen LogP contribution in [0.2, 0.25) is 0 Å². The van der Waals surface area contributed by atoms with Gasteiger partial charge in [0, 0.05) is 6.20 Å². The van der Waals surface area contributed by atoms with E-state index in [-0.39, 0.29) is 0 Å². The van der Waals surface area contributed by atoms with Crippen molar-refractivity contribution in [3.05, 3.63) is 17.3 Å². The first-order chi connectivity index (χ1) is 6.99. The van der Waals surface area contributed by atoms with E-state index in [1.165, 1.54) is 0 Å². The lowest BCUT2D eigenvalue weighted by Gasteiger charge is -2.09. The molecule has 0 spiro atoms. The second-order valence-electron chi connectivity index (χ2n) is 2.55. The van der Waals surface area contributed by atoms with E-state index in [1.807, 2.05) is 0 Å². The molecule has 1 rings (SSSR count). The van der Waals surface area contributed by atoms with Crippen LogP contribution in [0, 0.1) is 0 Å². The summed E-state index contributed by atoms with van der Waals surface area (Å²) in [6, 6.07) is 0. The highest BCUT2D eigenvalue weighted by Gasteiger charge is 2.25. The largest absolute Gasteiger partial charge is 0.503 e. The number of carboxylic acid groups (broad SMARTS) is 1. The highest BCUT2D eigenvalue weighted by molar-refractivity contribution is 5.90. The van der Waals surface area contributed by atoms with Crippen LogP contribution in [0.3, 0.4) is 0 Å². The van der Waals surface area contributed by atoms with Crippen LogP contribution in [0.5, 0.6) is 11.6 Å². The fourth-order valence-electron chi connectivity index (χ4n) is 1.04. The molecule has 0 amide bonds. The predicted molar refractivity (Wildman–Crippen MR) is 44.4 cm³/mol. The molecular formula is C8H7F2NO4. The Morgan fingerprint density at radius 3 is 2.60 bits per heavy atom. The Bertz CT molecular complexity index is 394. The van der Waals surface area contributed by atoms with E-state index in [0.717, 1.165) is 7.11 Å². The topological polar surface area (TPSA) is 79.7 Å². The van der Waals surface area contributed by atoms with Crippen LogP contribution in [-0.4, -0.2) is 28.3 Å². The Morgan fingerprint density at radius 2 is 2.20 bits per heavy atom. The summed E-state index contributed by atoms with van der Waals surface area (Å²) in [6.07, 6.45) is -2.41. The van der Waals surface area contributed by atoms with Crippen LogP contribution < -0.4 is 4.74 Å². The van der Waals surface area contributed by atoms with Gasteiger partial charge in [0.05, 0.1) is 18.2 Å². The molecule has 0 unspecified atom stereocenters. The van der Waals surface area contributed by atoms with Crippen molar-refractivity contribution in [2.75, 3.05) is 7.11 Å². The van der Waals surface area contributed by atoms with Gasteiger partial charge in [-0.25, -0.2) is 18.6 Å². The second kappa shape index (κ2) is 4.07. The molecule has 2 N–H and O–H groups in total. The summed E-state index contributed by atoms with van der Waals surface area (Å²) in [4.78, 5) is 13.9. The maximum atomic E-state index is 12.5. The van der Waals surface area contributed by atoms with Gasteiger partial charge in [0.2, 0.25) is 0 Å². The molecule has 15 heavy (non-hydrogen) atoms. The Kier molecular flexibility index (Phi) is 3.03. The third kappa shape index (κ3) is 1.95. The van der Waals surface area contributed by atoms with Crippen molar-refractivity contribution in [3.8, 4) is 11.6 Å². The Morgan fingerprint density at radius 1 is 1.60 bits per heavy atom. The molecule has 0 bridgehead atoms. The van der Waals surface area contributed by atoms with Crippen molar-refractivity contribution in [2.45, 2.75) is 6.43 Å². The van der Waals surface area contributed by atoms with Gasteiger partial charge in [-0.05, 0) is 0 Å². The SMILES string of the molecule is COc1ncc(C(=O)O)c(C(F)F)c1O. The monoisotopic (exact) mass is 219 g/mol. The van der Waals surface area contributed by atoms with Crippen LogP contribution in [0.25, 0.3) is 0 Å². The van der Waals surface area contributed by atoms with Gasteiger partial charge in [-0.15, -0.1) is 0 Å². The first-order valence-corrected chi connectivity index (χ1v) is 3.76. The number of carbonyl (C=O) groups is 1. The zero-order chi connectivity index (χ0) is 11.6. The van der Waals surface area contributed by atoms with Crippen molar-refractivity contribution in [3.63, 3.8) is 0 Å². The van der Waals surface area contributed by atoms with Crippen molar-refractivity contribution < 1.29 is 28.5 Å². The molecule has 82 valence electrons. The number of alkyl halides is 2. The second-order valence-corrected chi connectivity index (χ2v) is 2.55. The molecule has 0 aliphatic rings. The van der Waals surface area contributed by atoms with Crippen LogP contribution in [0.4, 0.5) is 8.78 Å². The third-order valence-electron chi connectivity index (χ3n) is 1.70. The third-order valence-corrected chi connectivity index (χ3v) is 1.70. The molecule has 0 aliphatic heterocycles. The average molecular weight is 219 g/mol. The van der Waals surface area contributed by atoms with Crippen molar-refractivity contribution in [1.82, 2.24) is 4.98 Å². The first kappa shape index (κ1) is 11.2. The maximum absolute atomic E-state index is 12.5. The van der Waals surface area contributed by atoms with E-state index in [0.29, 0.717) is 6.20 Å². The molecule has 0 radical (unpaired) electrons. The number of hydrogen-bond donors (Lipinski definition) is 2. The number of ether oxygens (including phenoxy) is 1. The Balaban J connectivity index is 3.44. The minimum Gasteiger partial charge on any atom is -0.503 e. The highest BCUT2D eigenvalue weighted by atomic mass is 19.3. The average Bonchev–Trinajstić information content (AvgIpc) is 2.16. The summed E-state index contributed by atoms with van der Waals surface area (Å²) in [7, 11) is 1.12. The minimum atomic E-state index is -3.12. The van der Waals surface area contributed by atoms with Gasteiger partial charge in [-0.1, -0.05) is 0 Å². The Labute approximate surface area is 82.9 Å². The highest BCUT2D eigenvalue weighted by Crippen LogP contribution is 2.36. The summed E-state index contributed by atoms with van der Waals surface area (Å²) in [6.45, 7) is 0. The molecule has 0 aliphatic carbocycles. The lowest BCUT2D eigenvalue weighted by Crippen LogP contribution is -2.05. The van der Waals surface area contributed by atoms with Gasteiger partial charge in [-0.3, -0.25) is 0 Å². The fraction of sp³-hybridized carbons (Fsp3) is 0.250. The van der Waals surface area contributed by atoms with Crippen LogP contribution in [0.15, 0.2) is 6.20 Å². The quantitative estimate of drug-likeness (QED) is 0.803. The predicted octanol–water partition coefficient (Wildman–Crippen LogP) is 1.43. The van der Waals surface area contributed by atoms with Crippen LogP contribution in [0.1, 0.15) is 22.3 Å². The molecule has 0 saturated carbocycles. The molecule has 1 heterocycles. The smallest absolute Gasteiger partial charge is 0.337 e. The lowest BCUT2D eigenvalue weighted by molar-refractivity contribution is 0.0681.